The Hall–Kier alpha value is -0.980. The van der Waals surface area contributed by atoms with Crippen molar-refractivity contribution in [1.82, 2.24) is 0 Å². The summed E-state index contributed by atoms with van der Waals surface area (Å²) in [5, 5.41) is 0.259. The van der Waals surface area contributed by atoms with Crippen molar-refractivity contribution in [3.63, 3.8) is 0 Å². The molecule has 0 radical (unpaired) electrons. The molecule has 5 rings (SSSR count). The summed E-state index contributed by atoms with van der Waals surface area (Å²) >= 11 is 4.66. The van der Waals surface area contributed by atoms with Gasteiger partial charge < -0.3 is 0 Å². The third-order valence-corrected chi connectivity index (χ3v) is 15.3. The van der Waals surface area contributed by atoms with Gasteiger partial charge >= 0.3 is 0 Å². The second-order valence-corrected chi connectivity index (χ2v) is 16.0. The van der Waals surface area contributed by atoms with Gasteiger partial charge in [0.05, 0.1) is 5.69 Å². The van der Waals surface area contributed by atoms with Crippen molar-refractivity contribution in [2.24, 2.45) is 10.7 Å². The molecule has 1 aliphatic heterocycles. The molecule has 34 heavy (non-hydrogen) atoms. The third kappa shape index (κ3) is 4.37. The molecule has 0 N–H and O–H groups in total. The summed E-state index contributed by atoms with van der Waals surface area (Å²) in [6.45, 7) is 6.85. The number of hydrogen-bond acceptors (Lipinski definition) is 2. The van der Waals surface area contributed by atoms with E-state index in [1.54, 1.807) is 5.56 Å². The Morgan fingerprint density at radius 2 is 1.41 bits per heavy atom. The van der Waals surface area contributed by atoms with E-state index in [9.17, 15) is 0 Å². The number of rotatable bonds is 4. The Morgan fingerprint density at radius 3 is 2.06 bits per heavy atom. The van der Waals surface area contributed by atoms with Crippen LogP contribution in [0.4, 0.5) is 5.69 Å². The highest BCUT2D eigenvalue weighted by Crippen LogP contribution is 2.79. The van der Waals surface area contributed by atoms with Gasteiger partial charge in [-0.1, -0.05) is 68.4 Å². The molecular formula is C31H44NPS. The van der Waals surface area contributed by atoms with E-state index in [1.807, 2.05) is 0 Å². The molecule has 2 atom stereocenters. The maximum absolute atomic E-state index is 6.17. The number of thiol groups is 1. The zero-order chi connectivity index (χ0) is 23.8. The standard InChI is InChI=1S/C31H44NPS/c1-23-21-24(2)30(25(3)22-23)32-33(20-10-13-29(33)26-11-6-4-7-12-26)31(18-8-5-9-19-31)27-14-16-28(34)17-15-27/h14-17,21-22,26,29,34H,4-13,18-20H2,1-3H3. The zero-order valence-corrected chi connectivity index (χ0v) is 23.4. The summed E-state index contributed by atoms with van der Waals surface area (Å²) in [6, 6.07) is 14.1. The van der Waals surface area contributed by atoms with Gasteiger partial charge in [0.1, 0.15) is 0 Å². The molecule has 2 saturated carbocycles. The Morgan fingerprint density at radius 1 is 0.794 bits per heavy atom. The van der Waals surface area contributed by atoms with Crippen LogP contribution in [0.3, 0.4) is 0 Å². The fourth-order valence-corrected chi connectivity index (χ4v) is 14.7. The molecule has 2 aromatic carbocycles. The summed E-state index contributed by atoms with van der Waals surface area (Å²) in [5.74, 6) is 0.891. The monoisotopic (exact) mass is 493 g/mol. The number of benzene rings is 2. The number of aryl methyl sites for hydroxylation is 3. The number of hydrogen-bond donors (Lipinski definition) is 1. The topological polar surface area (TPSA) is 12.4 Å². The predicted octanol–water partition coefficient (Wildman–Crippen LogP) is 10.3. The summed E-state index contributed by atoms with van der Waals surface area (Å²) in [5.41, 5.74) is 7.91. The molecule has 1 nitrogen and oxygen atoms in total. The maximum atomic E-state index is 6.17. The minimum atomic E-state index is -1.66. The maximum Gasteiger partial charge on any atom is 0.0672 e. The van der Waals surface area contributed by atoms with E-state index >= 15 is 0 Å². The van der Waals surface area contributed by atoms with Crippen molar-refractivity contribution in [3.8, 4) is 0 Å². The highest BCUT2D eigenvalue weighted by Gasteiger charge is 2.54. The van der Waals surface area contributed by atoms with Crippen LogP contribution in [0, 0.1) is 26.7 Å². The molecule has 2 aromatic rings. The largest absolute Gasteiger partial charge is 0.266 e. The van der Waals surface area contributed by atoms with Gasteiger partial charge in [-0.3, -0.25) is 4.74 Å². The van der Waals surface area contributed by atoms with Crippen LogP contribution in [-0.4, -0.2) is 11.8 Å². The van der Waals surface area contributed by atoms with Crippen LogP contribution in [-0.2, 0) is 5.16 Å². The molecule has 3 aliphatic rings. The molecule has 184 valence electrons. The Kier molecular flexibility index (Phi) is 7.39. The summed E-state index contributed by atoms with van der Waals surface area (Å²) in [4.78, 5) is 1.08. The van der Waals surface area contributed by atoms with Crippen LogP contribution in [0.2, 0.25) is 0 Å². The van der Waals surface area contributed by atoms with Gasteiger partial charge in [0, 0.05) is 10.1 Å². The van der Waals surface area contributed by atoms with E-state index in [4.69, 9.17) is 4.74 Å². The van der Waals surface area contributed by atoms with Crippen molar-refractivity contribution in [1.29, 1.82) is 0 Å². The number of nitrogens with zero attached hydrogens (tertiary/aromatic N) is 1. The quantitative estimate of drug-likeness (QED) is 0.321. The Balaban J connectivity index is 1.77. The molecule has 3 heteroatoms. The molecule has 0 spiro atoms. The van der Waals surface area contributed by atoms with Gasteiger partial charge in [-0.2, -0.15) is 0 Å². The molecule has 0 bridgehead atoms. The molecular weight excluding hydrogens is 449 g/mol. The SMILES string of the molecule is Cc1cc(C)c(N=P2(C3(c4ccc(S)cc4)CCCCC3)CCCC2C2CCCCC2)c(C)c1. The van der Waals surface area contributed by atoms with Crippen LogP contribution in [0.1, 0.15) is 99.3 Å². The van der Waals surface area contributed by atoms with Gasteiger partial charge in [0.2, 0.25) is 0 Å². The van der Waals surface area contributed by atoms with E-state index in [1.165, 1.54) is 106 Å². The minimum absolute atomic E-state index is 0.259. The Labute approximate surface area is 214 Å². The van der Waals surface area contributed by atoms with E-state index in [0.29, 0.717) is 0 Å². The normalized spacial score (nSPS) is 27.6. The van der Waals surface area contributed by atoms with Crippen LogP contribution in [0.5, 0.6) is 0 Å². The molecule has 3 fully saturated rings. The predicted molar refractivity (Wildman–Crippen MR) is 153 cm³/mol. The average Bonchev–Trinajstić information content (AvgIpc) is 3.28. The first kappa shape index (κ1) is 24.7. The summed E-state index contributed by atoms with van der Waals surface area (Å²) in [7, 11) is -1.66. The molecule has 2 aliphatic carbocycles. The molecule has 1 saturated heterocycles. The second kappa shape index (κ2) is 10.2. The van der Waals surface area contributed by atoms with E-state index in [0.717, 1.165) is 16.5 Å². The molecule has 1 heterocycles. The first-order valence-electron chi connectivity index (χ1n) is 13.9. The van der Waals surface area contributed by atoms with Gasteiger partial charge in [0.15, 0.2) is 0 Å². The van der Waals surface area contributed by atoms with Crippen LogP contribution in [0.15, 0.2) is 46.0 Å². The fourth-order valence-electron chi connectivity index (χ4n) is 8.09. The van der Waals surface area contributed by atoms with Crippen molar-refractivity contribution < 1.29 is 0 Å². The first-order valence-corrected chi connectivity index (χ1v) is 16.4. The van der Waals surface area contributed by atoms with Gasteiger partial charge in [-0.15, -0.1) is 12.6 Å². The van der Waals surface area contributed by atoms with Gasteiger partial charge in [-0.25, -0.2) is 0 Å². The fraction of sp³-hybridized carbons (Fsp3) is 0.613. The van der Waals surface area contributed by atoms with Crippen LogP contribution >= 0.6 is 19.7 Å². The average molecular weight is 494 g/mol. The highest BCUT2D eigenvalue weighted by molar-refractivity contribution is 7.80. The van der Waals surface area contributed by atoms with Crippen molar-refractivity contribution in [2.75, 3.05) is 6.16 Å². The first-order chi connectivity index (χ1) is 16.4. The lowest BCUT2D eigenvalue weighted by Crippen LogP contribution is -2.35. The summed E-state index contributed by atoms with van der Waals surface area (Å²) in [6.07, 6.45) is 18.2. The lowest BCUT2D eigenvalue weighted by atomic mass is 9.83. The lowest BCUT2D eigenvalue weighted by Gasteiger charge is -2.51. The smallest absolute Gasteiger partial charge is 0.0672 e. The van der Waals surface area contributed by atoms with Crippen molar-refractivity contribution >= 4 is 25.4 Å². The third-order valence-electron chi connectivity index (χ3n) is 9.48. The van der Waals surface area contributed by atoms with E-state index in [-0.39, 0.29) is 5.16 Å². The van der Waals surface area contributed by atoms with E-state index in [2.05, 4.69) is 69.8 Å². The van der Waals surface area contributed by atoms with Gasteiger partial charge in [0.25, 0.3) is 0 Å². The lowest BCUT2D eigenvalue weighted by molar-refractivity contribution is 0.333. The molecule has 0 amide bonds. The van der Waals surface area contributed by atoms with Crippen LogP contribution < -0.4 is 0 Å². The van der Waals surface area contributed by atoms with E-state index < -0.39 is 7.05 Å². The van der Waals surface area contributed by atoms with Crippen molar-refractivity contribution in [2.45, 2.75) is 114 Å². The Bertz CT molecular complexity index is 1030. The summed E-state index contributed by atoms with van der Waals surface area (Å²) < 4.78 is 6.17. The van der Waals surface area contributed by atoms with Gasteiger partial charge in [-0.05, 0) is 113 Å². The molecule has 2 unspecified atom stereocenters. The van der Waals surface area contributed by atoms with Crippen LogP contribution in [0.25, 0.3) is 0 Å². The molecule has 0 aromatic heterocycles. The second-order valence-electron chi connectivity index (χ2n) is 11.6. The zero-order valence-electron chi connectivity index (χ0n) is 21.7. The highest BCUT2D eigenvalue weighted by atomic mass is 32.1. The minimum Gasteiger partial charge on any atom is -0.266 e. The van der Waals surface area contributed by atoms with Crippen molar-refractivity contribution in [3.05, 3.63) is 58.7 Å².